The first-order valence-corrected chi connectivity index (χ1v) is 5.76. The van der Waals surface area contributed by atoms with Gasteiger partial charge in [-0.05, 0) is 19.9 Å². The number of Topliss-reactive ketones (excluding diaryl/α,β-unsaturated/α-hetero) is 1. The standard InChI is InChI=1S/C15H17NO/c1-11-6-5-7-12(10-11)14(17)13-8-3-4-9-15(13,2)16/h3-10,13H,16H2,1-2H3. The average Bonchev–Trinajstić information content (AvgIpc) is 2.27. The lowest BCUT2D eigenvalue weighted by atomic mass is 9.78. The summed E-state index contributed by atoms with van der Waals surface area (Å²) in [5.74, 6) is -0.200. The lowest BCUT2D eigenvalue weighted by Gasteiger charge is -2.30. The zero-order valence-electron chi connectivity index (χ0n) is 10.2. The molecule has 2 N–H and O–H groups in total. The van der Waals surface area contributed by atoms with Crippen molar-refractivity contribution in [3.63, 3.8) is 0 Å². The third-order valence-electron chi connectivity index (χ3n) is 3.13. The molecule has 1 aromatic rings. The molecule has 0 aromatic heterocycles. The summed E-state index contributed by atoms with van der Waals surface area (Å²) < 4.78 is 0. The molecular formula is C15H17NO. The van der Waals surface area contributed by atoms with E-state index in [2.05, 4.69) is 0 Å². The van der Waals surface area contributed by atoms with Crippen molar-refractivity contribution in [3.8, 4) is 0 Å². The minimum absolute atomic E-state index is 0.0827. The summed E-state index contributed by atoms with van der Waals surface area (Å²) in [5, 5.41) is 0. The predicted octanol–water partition coefficient (Wildman–Crippen LogP) is 2.64. The summed E-state index contributed by atoms with van der Waals surface area (Å²) in [6.07, 6.45) is 7.53. The SMILES string of the molecule is Cc1cccc(C(=O)C2C=CC=CC2(C)N)c1. The van der Waals surface area contributed by atoms with E-state index in [-0.39, 0.29) is 11.7 Å². The largest absolute Gasteiger partial charge is 0.321 e. The number of hydrogen-bond acceptors (Lipinski definition) is 2. The molecule has 88 valence electrons. The zero-order valence-corrected chi connectivity index (χ0v) is 10.2. The molecule has 0 bridgehead atoms. The maximum atomic E-state index is 12.4. The second kappa shape index (κ2) is 4.30. The van der Waals surface area contributed by atoms with Crippen LogP contribution in [0.1, 0.15) is 22.8 Å². The average molecular weight is 227 g/mol. The first-order chi connectivity index (χ1) is 8.00. The van der Waals surface area contributed by atoms with Crippen LogP contribution in [0.5, 0.6) is 0 Å². The maximum Gasteiger partial charge on any atom is 0.171 e. The second-order valence-corrected chi connectivity index (χ2v) is 4.82. The van der Waals surface area contributed by atoms with E-state index in [9.17, 15) is 4.79 Å². The summed E-state index contributed by atoms with van der Waals surface area (Å²) >= 11 is 0. The van der Waals surface area contributed by atoms with Gasteiger partial charge in [0.05, 0.1) is 5.92 Å². The number of aryl methyl sites for hydroxylation is 1. The van der Waals surface area contributed by atoms with Gasteiger partial charge in [-0.25, -0.2) is 0 Å². The second-order valence-electron chi connectivity index (χ2n) is 4.82. The molecule has 1 aliphatic carbocycles. The van der Waals surface area contributed by atoms with Gasteiger partial charge in [-0.1, -0.05) is 48.1 Å². The number of carbonyl (C=O) groups excluding carboxylic acids is 1. The van der Waals surface area contributed by atoms with Gasteiger partial charge in [0.15, 0.2) is 5.78 Å². The van der Waals surface area contributed by atoms with Crippen molar-refractivity contribution < 1.29 is 4.79 Å². The summed E-state index contributed by atoms with van der Waals surface area (Å²) in [4.78, 5) is 12.4. The zero-order chi connectivity index (χ0) is 12.5. The van der Waals surface area contributed by atoms with Crippen molar-refractivity contribution in [2.75, 3.05) is 0 Å². The van der Waals surface area contributed by atoms with Gasteiger partial charge in [0.1, 0.15) is 0 Å². The summed E-state index contributed by atoms with van der Waals surface area (Å²) in [6, 6.07) is 7.63. The molecule has 2 atom stereocenters. The van der Waals surface area contributed by atoms with Crippen molar-refractivity contribution in [2.45, 2.75) is 19.4 Å². The van der Waals surface area contributed by atoms with Crippen LogP contribution in [-0.4, -0.2) is 11.3 Å². The van der Waals surface area contributed by atoms with Gasteiger partial charge in [-0.2, -0.15) is 0 Å². The van der Waals surface area contributed by atoms with Crippen LogP contribution in [0, 0.1) is 12.8 Å². The van der Waals surface area contributed by atoms with Crippen molar-refractivity contribution in [2.24, 2.45) is 11.7 Å². The Morgan fingerprint density at radius 1 is 1.35 bits per heavy atom. The van der Waals surface area contributed by atoms with Crippen LogP contribution < -0.4 is 5.73 Å². The minimum Gasteiger partial charge on any atom is -0.321 e. The molecule has 0 heterocycles. The molecule has 2 heteroatoms. The van der Waals surface area contributed by atoms with E-state index in [0.717, 1.165) is 11.1 Å². The monoisotopic (exact) mass is 227 g/mol. The molecule has 2 nitrogen and oxygen atoms in total. The molecule has 17 heavy (non-hydrogen) atoms. The van der Waals surface area contributed by atoms with Gasteiger partial charge in [0, 0.05) is 11.1 Å². The number of benzene rings is 1. The number of hydrogen-bond donors (Lipinski definition) is 1. The quantitative estimate of drug-likeness (QED) is 0.789. The van der Waals surface area contributed by atoms with Gasteiger partial charge in [0.2, 0.25) is 0 Å². The molecule has 0 saturated carbocycles. The Kier molecular flexibility index (Phi) is 2.99. The van der Waals surface area contributed by atoms with Crippen molar-refractivity contribution in [3.05, 3.63) is 59.7 Å². The fourth-order valence-corrected chi connectivity index (χ4v) is 2.10. The predicted molar refractivity (Wildman–Crippen MR) is 69.9 cm³/mol. The molecular weight excluding hydrogens is 210 g/mol. The van der Waals surface area contributed by atoms with Gasteiger partial charge >= 0.3 is 0 Å². The third kappa shape index (κ3) is 2.37. The smallest absolute Gasteiger partial charge is 0.171 e. The Labute approximate surface area is 102 Å². The van der Waals surface area contributed by atoms with Crippen molar-refractivity contribution >= 4 is 5.78 Å². The van der Waals surface area contributed by atoms with Gasteiger partial charge in [0.25, 0.3) is 0 Å². The molecule has 1 aliphatic rings. The van der Waals surface area contributed by atoms with Crippen LogP contribution in [-0.2, 0) is 0 Å². The normalized spacial score (nSPS) is 27.1. The highest BCUT2D eigenvalue weighted by Gasteiger charge is 2.33. The van der Waals surface area contributed by atoms with E-state index in [1.807, 2.05) is 62.4 Å². The summed E-state index contributed by atoms with van der Waals surface area (Å²) in [7, 11) is 0. The van der Waals surface area contributed by atoms with E-state index >= 15 is 0 Å². The van der Waals surface area contributed by atoms with Crippen molar-refractivity contribution in [1.29, 1.82) is 0 Å². The molecule has 0 saturated heterocycles. The van der Waals surface area contributed by atoms with Crippen molar-refractivity contribution in [1.82, 2.24) is 0 Å². The number of rotatable bonds is 2. The van der Waals surface area contributed by atoms with Crippen LogP contribution in [0.25, 0.3) is 0 Å². The number of carbonyl (C=O) groups is 1. The highest BCUT2D eigenvalue weighted by atomic mass is 16.1. The molecule has 0 radical (unpaired) electrons. The maximum absolute atomic E-state index is 12.4. The lowest BCUT2D eigenvalue weighted by Crippen LogP contribution is -2.46. The Hall–Kier alpha value is -1.67. The van der Waals surface area contributed by atoms with Gasteiger partial charge < -0.3 is 5.73 Å². The number of nitrogens with two attached hydrogens (primary N) is 1. The highest BCUT2D eigenvalue weighted by Crippen LogP contribution is 2.25. The van der Waals surface area contributed by atoms with Crippen LogP contribution in [0.4, 0.5) is 0 Å². The first kappa shape index (κ1) is 11.8. The molecule has 2 rings (SSSR count). The molecule has 0 spiro atoms. The number of ketones is 1. The Morgan fingerprint density at radius 2 is 2.12 bits per heavy atom. The minimum atomic E-state index is -0.602. The highest BCUT2D eigenvalue weighted by molar-refractivity contribution is 6.00. The van der Waals surface area contributed by atoms with Gasteiger partial charge in [-0.15, -0.1) is 0 Å². The Morgan fingerprint density at radius 3 is 2.76 bits per heavy atom. The fourth-order valence-electron chi connectivity index (χ4n) is 2.10. The Balaban J connectivity index is 2.32. The van der Waals surface area contributed by atoms with Crippen LogP contribution in [0.2, 0.25) is 0 Å². The van der Waals surface area contributed by atoms with E-state index in [1.54, 1.807) is 0 Å². The molecule has 2 unspecified atom stereocenters. The topological polar surface area (TPSA) is 43.1 Å². The van der Waals surface area contributed by atoms with E-state index < -0.39 is 5.54 Å². The number of allylic oxidation sites excluding steroid dienone is 2. The molecule has 0 aliphatic heterocycles. The summed E-state index contributed by atoms with van der Waals surface area (Å²) in [5.41, 5.74) is 7.35. The first-order valence-electron chi connectivity index (χ1n) is 5.76. The third-order valence-corrected chi connectivity index (χ3v) is 3.13. The van der Waals surface area contributed by atoms with Crippen LogP contribution in [0.15, 0.2) is 48.6 Å². The molecule has 1 aromatic carbocycles. The van der Waals surface area contributed by atoms with E-state index in [0.29, 0.717) is 0 Å². The van der Waals surface area contributed by atoms with Crippen LogP contribution in [0.3, 0.4) is 0 Å². The summed E-state index contributed by atoms with van der Waals surface area (Å²) in [6.45, 7) is 3.86. The fraction of sp³-hybridized carbons (Fsp3) is 0.267. The van der Waals surface area contributed by atoms with Crippen LogP contribution >= 0.6 is 0 Å². The molecule has 0 fully saturated rings. The Bertz CT molecular complexity index is 497. The van der Waals surface area contributed by atoms with E-state index in [4.69, 9.17) is 5.73 Å². The lowest BCUT2D eigenvalue weighted by molar-refractivity contribution is 0.0915. The molecule has 0 amide bonds. The van der Waals surface area contributed by atoms with Gasteiger partial charge in [-0.3, -0.25) is 4.79 Å². The van der Waals surface area contributed by atoms with E-state index in [1.165, 1.54) is 0 Å².